The van der Waals surface area contributed by atoms with Gasteiger partial charge in [0.1, 0.15) is 6.04 Å². The highest BCUT2D eigenvalue weighted by atomic mass is 16.5. The molecule has 0 spiro atoms. The van der Waals surface area contributed by atoms with E-state index in [9.17, 15) is 9.59 Å². The van der Waals surface area contributed by atoms with Crippen LogP contribution in [0.15, 0.2) is 0 Å². The van der Waals surface area contributed by atoms with E-state index in [-0.39, 0.29) is 18.5 Å². The molecule has 1 fully saturated rings. The molecule has 21 heavy (non-hydrogen) atoms. The van der Waals surface area contributed by atoms with Crippen molar-refractivity contribution in [2.45, 2.75) is 45.2 Å². The Labute approximate surface area is 127 Å². The predicted octanol–water partition coefficient (Wildman–Crippen LogP) is 0.359. The van der Waals surface area contributed by atoms with Crippen molar-refractivity contribution in [1.82, 2.24) is 10.2 Å². The summed E-state index contributed by atoms with van der Waals surface area (Å²) in [5.41, 5.74) is 5.78. The van der Waals surface area contributed by atoms with E-state index in [4.69, 9.17) is 10.5 Å². The first-order valence-electron chi connectivity index (χ1n) is 7.66. The van der Waals surface area contributed by atoms with Crippen molar-refractivity contribution in [3.63, 3.8) is 0 Å². The molecule has 6 nitrogen and oxygen atoms in total. The fraction of sp³-hybridized carbons (Fsp3) is 0.867. The van der Waals surface area contributed by atoms with E-state index in [0.717, 1.165) is 0 Å². The van der Waals surface area contributed by atoms with E-state index in [2.05, 4.69) is 5.32 Å². The van der Waals surface area contributed by atoms with Crippen LogP contribution in [0.1, 0.15) is 33.1 Å². The number of ether oxygens (including phenoxy) is 1. The lowest BCUT2D eigenvalue weighted by atomic mass is 10.0. The fourth-order valence-electron chi connectivity index (χ4n) is 2.62. The Balaban J connectivity index is 2.50. The number of amides is 1. The zero-order valence-electron chi connectivity index (χ0n) is 13.6. The number of likely N-dealkylation sites (N-methyl/N-ethyl adjacent to an activating group) is 1. The molecule has 6 heteroatoms. The third-order valence-electron chi connectivity index (χ3n) is 3.89. The van der Waals surface area contributed by atoms with Crippen LogP contribution in [0, 0.1) is 11.8 Å². The average Bonchev–Trinajstić information content (AvgIpc) is 3.21. The van der Waals surface area contributed by atoms with Gasteiger partial charge in [-0.25, -0.2) is 4.79 Å². The summed E-state index contributed by atoms with van der Waals surface area (Å²) in [5.74, 6) is 0.361. The SMILES string of the molecule is COC(=O)C(CC(C)C)NC(=O)CN(C)C(CN)C1CC1. The van der Waals surface area contributed by atoms with Gasteiger partial charge in [0.25, 0.3) is 0 Å². The summed E-state index contributed by atoms with van der Waals surface area (Å²) in [6.07, 6.45) is 2.95. The predicted molar refractivity (Wildman–Crippen MR) is 81.6 cm³/mol. The number of carbonyl (C=O) groups excluding carboxylic acids is 2. The van der Waals surface area contributed by atoms with E-state index in [1.54, 1.807) is 0 Å². The van der Waals surface area contributed by atoms with Gasteiger partial charge in [0.15, 0.2) is 0 Å². The van der Waals surface area contributed by atoms with E-state index >= 15 is 0 Å². The van der Waals surface area contributed by atoms with Crippen LogP contribution in [0.4, 0.5) is 0 Å². The number of rotatable bonds is 9. The van der Waals surface area contributed by atoms with Gasteiger partial charge in [-0.05, 0) is 38.1 Å². The third kappa shape index (κ3) is 6.01. The summed E-state index contributed by atoms with van der Waals surface area (Å²) in [5, 5.41) is 2.77. The summed E-state index contributed by atoms with van der Waals surface area (Å²) in [6.45, 7) is 4.82. The second-order valence-electron chi connectivity index (χ2n) is 6.33. The molecule has 3 N–H and O–H groups in total. The van der Waals surface area contributed by atoms with Gasteiger partial charge in [-0.1, -0.05) is 13.8 Å². The number of esters is 1. The first kappa shape index (κ1) is 17.9. The zero-order chi connectivity index (χ0) is 16.0. The van der Waals surface area contributed by atoms with Crippen molar-refractivity contribution in [1.29, 1.82) is 0 Å². The maximum Gasteiger partial charge on any atom is 0.328 e. The number of carbonyl (C=O) groups is 2. The number of nitrogens with two attached hydrogens (primary N) is 1. The highest BCUT2D eigenvalue weighted by molar-refractivity contribution is 5.85. The van der Waals surface area contributed by atoms with Gasteiger partial charge in [-0.15, -0.1) is 0 Å². The molecule has 122 valence electrons. The summed E-state index contributed by atoms with van der Waals surface area (Å²) in [7, 11) is 3.25. The van der Waals surface area contributed by atoms with E-state index in [1.165, 1.54) is 20.0 Å². The van der Waals surface area contributed by atoms with Gasteiger partial charge < -0.3 is 15.8 Å². The molecule has 0 bridgehead atoms. The van der Waals surface area contributed by atoms with Crippen molar-refractivity contribution in [3.05, 3.63) is 0 Å². The van der Waals surface area contributed by atoms with Crippen LogP contribution in [0.5, 0.6) is 0 Å². The monoisotopic (exact) mass is 299 g/mol. The maximum absolute atomic E-state index is 12.1. The molecule has 0 saturated heterocycles. The van der Waals surface area contributed by atoms with Gasteiger partial charge in [-0.2, -0.15) is 0 Å². The largest absolute Gasteiger partial charge is 0.467 e. The van der Waals surface area contributed by atoms with Crippen molar-refractivity contribution >= 4 is 11.9 Å². The Morgan fingerprint density at radius 1 is 1.38 bits per heavy atom. The van der Waals surface area contributed by atoms with Gasteiger partial charge in [0, 0.05) is 12.6 Å². The lowest BCUT2D eigenvalue weighted by Crippen LogP contribution is -2.49. The van der Waals surface area contributed by atoms with Crippen LogP contribution in [0.3, 0.4) is 0 Å². The second kappa shape index (κ2) is 8.34. The molecule has 1 amide bonds. The Morgan fingerprint density at radius 2 is 2.00 bits per heavy atom. The first-order valence-corrected chi connectivity index (χ1v) is 7.66. The first-order chi connectivity index (χ1) is 9.88. The minimum atomic E-state index is -0.576. The molecule has 0 aliphatic heterocycles. The van der Waals surface area contributed by atoms with Crippen molar-refractivity contribution < 1.29 is 14.3 Å². The molecule has 2 atom stereocenters. The molecule has 0 aromatic carbocycles. The molecule has 1 aliphatic rings. The van der Waals surface area contributed by atoms with Crippen LogP contribution in [-0.4, -0.2) is 56.1 Å². The molecule has 0 radical (unpaired) electrons. The summed E-state index contributed by atoms with van der Waals surface area (Å²) in [4.78, 5) is 25.8. The van der Waals surface area contributed by atoms with E-state index in [0.29, 0.717) is 24.8 Å². The standard InChI is InChI=1S/C15H29N3O3/c1-10(2)7-12(15(20)21-4)17-14(19)9-18(3)13(8-16)11-5-6-11/h10-13H,5-9,16H2,1-4H3,(H,17,19). The Bertz CT molecular complexity index is 356. The molecular weight excluding hydrogens is 270 g/mol. The highest BCUT2D eigenvalue weighted by Gasteiger charge is 2.33. The normalized spacial score (nSPS) is 17.7. The van der Waals surface area contributed by atoms with Crippen LogP contribution in [0.25, 0.3) is 0 Å². The zero-order valence-corrected chi connectivity index (χ0v) is 13.6. The van der Waals surface area contributed by atoms with Crippen LogP contribution in [-0.2, 0) is 14.3 Å². The molecule has 2 unspecified atom stereocenters. The van der Waals surface area contributed by atoms with Crippen LogP contribution in [0.2, 0.25) is 0 Å². The van der Waals surface area contributed by atoms with Crippen LogP contribution < -0.4 is 11.1 Å². The minimum absolute atomic E-state index is 0.160. The average molecular weight is 299 g/mol. The molecule has 0 aromatic heterocycles. The minimum Gasteiger partial charge on any atom is -0.467 e. The smallest absolute Gasteiger partial charge is 0.328 e. The number of hydrogen-bond acceptors (Lipinski definition) is 5. The Hall–Kier alpha value is -1.14. The lowest BCUT2D eigenvalue weighted by molar-refractivity contribution is -0.145. The fourth-order valence-corrected chi connectivity index (χ4v) is 2.62. The molecular formula is C15H29N3O3. The topological polar surface area (TPSA) is 84.7 Å². The quantitative estimate of drug-likeness (QED) is 0.601. The maximum atomic E-state index is 12.1. The highest BCUT2D eigenvalue weighted by Crippen LogP contribution is 2.34. The molecule has 1 aliphatic carbocycles. The van der Waals surface area contributed by atoms with Crippen molar-refractivity contribution in [2.24, 2.45) is 17.6 Å². The number of methoxy groups -OCH3 is 1. The number of nitrogens with one attached hydrogen (secondary N) is 1. The molecule has 1 rings (SSSR count). The third-order valence-corrected chi connectivity index (χ3v) is 3.89. The molecule has 0 heterocycles. The van der Waals surface area contributed by atoms with E-state index < -0.39 is 12.0 Å². The van der Waals surface area contributed by atoms with Gasteiger partial charge in [0.05, 0.1) is 13.7 Å². The summed E-state index contributed by atoms with van der Waals surface area (Å²) >= 11 is 0. The number of nitrogens with zero attached hydrogens (tertiary/aromatic N) is 1. The van der Waals surface area contributed by atoms with E-state index in [1.807, 2.05) is 25.8 Å². The Kier molecular flexibility index (Phi) is 7.11. The second-order valence-corrected chi connectivity index (χ2v) is 6.33. The Morgan fingerprint density at radius 3 is 2.43 bits per heavy atom. The van der Waals surface area contributed by atoms with Crippen molar-refractivity contribution in [3.8, 4) is 0 Å². The summed E-state index contributed by atoms with van der Waals surface area (Å²) in [6, 6.07) is -0.328. The van der Waals surface area contributed by atoms with Crippen molar-refractivity contribution in [2.75, 3.05) is 27.2 Å². The number of hydrogen-bond donors (Lipinski definition) is 2. The molecule has 1 saturated carbocycles. The van der Waals surface area contributed by atoms with Gasteiger partial charge in [-0.3, -0.25) is 9.69 Å². The van der Waals surface area contributed by atoms with Gasteiger partial charge >= 0.3 is 5.97 Å². The molecule has 0 aromatic rings. The summed E-state index contributed by atoms with van der Waals surface area (Å²) < 4.78 is 4.75. The van der Waals surface area contributed by atoms with Gasteiger partial charge in [0.2, 0.25) is 5.91 Å². The van der Waals surface area contributed by atoms with Crippen LogP contribution >= 0.6 is 0 Å². The lowest BCUT2D eigenvalue weighted by Gasteiger charge is -2.27.